The van der Waals surface area contributed by atoms with Gasteiger partial charge in [-0.2, -0.15) is 0 Å². The number of carbonyl (C=O) groups excluding carboxylic acids is 2. The van der Waals surface area contributed by atoms with Crippen molar-refractivity contribution in [1.82, 2.24) is 5.32 Å². The van der Waals surface area contributed by atoms with Crippen molar-refractivity contribution in [2.75, 3.05) is 19.8 Å². The first kappa shape index (κ1) is 15.2. The number of hydrogen-bond donors (Lipinski definition) is 1. The van der Waals surface area contributed by atoms with E-state index in [9.17, 15) is 9.59 Å². The number of amides is 1. The van der Waals surface area contributed by atoms with Gasteiger partial charge in [-0.15, -0.1) is 0 Å². The lowest BCUT2D eigenvalue weighted by Gasteiger charge is -2.10. The lowest BCUT2D eigenvalue weighted by atomic mass is 10.2. The van der Waals surface area contributed by atoms with Crippen LogP contribution in [0, 0.1) is 3.57 Å². The van der Waals surface area contributed by atoms with E-state index in [0.717, 1.165) is 23.0 Å². The van der Waals surface area contributed by atoms with Crippen molar-refractivity contribution in [1.29, 1.82) is 0 Å². The fourth-order valence-corrected chi connectivity index (χ4v) is 2.24. The summed E-state index contributed by atoms with van der Waals surface area (Å²) in [5.74, 6) is -0.798. The van der Waals surface area contributed by atoms with Crippen LogP contribution < -0.4 is 5.32 Å². The minimum Gasteiger partial charge on any atom is -0.452 e. The van der Waals surface area contributed by atoms with Crippen molar-refractivity contribution in [3.8, 4) is 0 Å². The van der Waals surface area contributed by atoms with Crippen molar-refractivity contribution < 1.29 is 19.1 Å². The Labute approximate surface area is 131 Å². The summed E-state index contributed by atoms with van der Waals surface area (Å²) in [6.45, 7) is 0.958. The molecule has 20 heavy (non-hydrogen) atoms. The van der Waals surface area contributed by atoms with Gasteiger partial charge in [0.15, 0.2) is 6.61 Å². The van der Waals surface area contributed by atoms with Crippen molar-refractivity contribution in [3.63, 3.8) is 0 Å². The maximum absolute atomic E-state index is 11.7. The number of hydrogen-bond acceptors (Lipinski definition) is 4. The van der Waals surface area contributed by atoms with Crippen LogP contribution >= 0.6 is 22.6 Å². The highest BCUT2D eigenvalue weighted by Crippen LogP contribution is 2.10. The van der Waals surface area contributed by atoms with Crippen molar-refractivity contribution in [3.05, 3.63) is 33.4 Å². The van der Waals surface area contributed by atoms with Crippen LogP contribution in [0.1, 0.15) is 23.2 Å². The van der Waals surface area contributed by atoms with E-state index in [1.807, 2.05) is 12.1 Å². The highest BCUT2D eigenvalue weighted by atomic mass is 127. The molecule has 0 saturated carbocycles. The Balaban J connectivity index is 1.69. The maximum atomic E-state index is 11.7. The number of halogens is 1. The molecule has 2 rings (SSSR count). The molecule has 1 saturated heterocycles. The van der Waals surface area contributed by atoms with Gasteiger partial charge in [-0.3, -0.25) is 4.79 Å². The van der Waals surface area contributed by atoms with Gasteiger partial charge in [0.2, 0.25) is 0 Å². The van der Waals surface area contributed by atoms with E-state index in [1.54, 1.807) is 12.1 Å². The van der Waals surface area contributed by atoms with Gasteiger partial charge in [0, 0.05) is 16.7 Å². The van der Waals surface area contributed by atoms with Crippen LogP contribution in [0.15, 0.2) is 24.3 Å². The number of rotatable bonds is 5. The fourth-order valence-electron chi connectivity index (χ4n) is 1.88. The molecule has 6 heteroatoms. The second-order valence-electron chi connectivity index (χ2n) is 4.52. The van der Waals surface area contributed by atoms with Crippen LogP contribution in [0.25, 0.3) is 0 Å². The van der Waals surface area contributed by atoms with E-state index in [-0.39, 0.29) is 18.6 Å². The molecule has 1 aliphatic heterocycles. The SMILES string of the molecule is O=C(COC(=O)c1ccc(I)cc1)NC[C@H]1CCCO1. The summed E-state index contributed by atoms with van der Waals surface area (Å²) in [5.41, 5.74) is 0.442. The quantitative estimate of drug-likeness (QED) is 0.616. The first-order valence-electron chi connectivity index (χ1n) is 6.46. The molecule has 1 N–H and O–H groups in total. The highest BCUT2D eigenvalue weighted by molar-refractivity contribution is 14.1. The van der Waals surface area contributed by atoms with Crippen LogP contribution in [0.4, 0.5) is 0 Å². The Bertz CT molecular complexity index is 469. The van der Waals surface area contributed by atoms with Gasteiger partial charge < -0.3 is 14.8 Å². The van der Waals surface area contributed by atoms with E-state index in [1.165, 1.54) is 0 Å². The van der Waals surface area contributed by atoms with Gasteiger partial charge in [-0.05, 0) is 59.7 Å². The zero-order valence-corrected chi connectivity index (χ0v) is 13.1. The van der Waals surface area contributed by atoms with Gasteiger partial charge in [0.25, 0.3) is 5.91 Å². The molecule has 1 aliphatic rings. The third-order valence-corrected chi connectivity index (χ3v) is 3.68. The van der Waals surface area contributed by atoms with Crippen LogP contribution in [-0.4, -0.2) is 37.7 Å². The summed E-state index contributed by atoms with van der Waals surface area (Å²) in [6.07, 6.45) is 2.08. The maximum Gasteiger partial charge on any atom is 0.338 e. The summed E-state index contributed by atoms with van der Waals surface area (Å²) >= 11 is 2.15. The molecule has 1 fully saturated rings. The molecule has 108 valence electrons. The normalized spacial score (nSPS) is 17.8. The Morgan fingerprint density at radius 3 is 2.75 bits per heavy atom. The Morgan fingerprint density at radius 2 is 2.10 bits per heavy atom. The van der Waals surface area contributed by atoms with Gasteiger partial charge in [-0.1, -0.05) is 0 Å². The number of nitrogens with one attached hydrogen (secondary N) is 1. The largest absolute Gasteiger partial charge is 0.452 e. The number of esters is 1. The number of ether oxygens (including phenoxy) is 2. The topological polar surface area (TPSA) is 64.6 Å². The summed E-state index contributed by atoms with van der Waals surface area (Å²) in [7, 11) is 0. The van der Waals surface area contributed by atoms with Crippen LogP contribution in [0.2, 0.25) is 0 Å². The molecule has 5 nitrogen and oxygen atoms in total. The van der Waals surface area contributed by atoms with E-state index >= 15 is 0 Å². The molecular weight excluding hydrogens is 373 g/mol. The Morgan fingerprint density at radius 1 is 1.35 bits per heavy atom. The number of benzene rings is 1. The van der Waals surface area contributed by atoms with Crippen molar-refractivity contribution >= 4 is 34.5 Å². The second-order valence-corrected chi connectivity index (χ2v) is 5.77. The lowest BCUT2D eigenvalue weighted by Crippen LogP contribution is -2.34. The molecule has 0 spiro atoms. The standard InChI is InChI=1S/C14H16INO4/c15-11-5-3-10(4-6-11)14(18)20-9-13(17)16-8-12-2-1-7-19-12/h3-6,12H,1-2,7-9H2,(H,16,17)/t12-/m1/s1. The average molecular weight is 389 g/mol. The van der Waals surface area contributed by atoms with E-state index in [4.69, 9.17) is 9.47 Å². The minimum absolute atomic E-state index is 0.0888. The first-order chi connectivity index (χ1) is 9.65. The zero-order valence-electron chi connectivity index (χ0n) is 10.9. The second kappa shape index (κ2) is 7.58. The predicted molar refractivity (Wildman–Crippen MR) is 81.4 cm³/mol. The Kier molecular flexibility index (Phi) is 5.78. The third-order valence-electron chi connectivity index (χ3n) is 2.97. The molecule has 0 bridgehead atoms. The van der Waals surface area contributed by atoms with E-state index < -0.39 is 5.97 Å². The third kappa shape index (κ3) is 4.75. The molecule has 0 aromatic heterocycles. The fraction of sp³-hybridized carbons (Fsp3) is 0.429. The summed E-state index contributed by atoms with van der Waals surface area (Å²) in [4.78, 5) is 23.2. The molecule has 1 heterocycles. The molecule has 0 unspecified atom stereocenters. The summed E-state index contributed by atoms with van der Waals surface area (Å²) < 4.78 is 11.4. The molecular formula is C14H16INO4. The van der Waals surface area contributed by atoms with Gasteiger partial charge in [0.05, 0.1) is 11.7 Å². The summed E-state index contributed by atoms with van der Waals surface area (Å²) in [5, 5.41) is 2.70. The predicted octanol–water partition coefficient (Wildman–Crippen LogP) is 1.74. The van der Waals surface area contributed by atoms with Crippen LogP contribution in [-0.2, 0) is 14.3 Å². The lowest BCUT2D eigenvalue weighted by molar-refractivity contribution is -0.124. The molecule has 0 aliphatic carbocycles. The smallest absolute Gasteiger partial charge is 0.338 e. The van der Waals surface area contributed by atoms with Crippen LogP contribution in [0.5, 0.6) is 0 Å². The van der Waals surface area contributed by atoms with Gasteiger partial charge in [0.1, 0.15) is 0 Å². The first-order valence-corrected chi connectivity index (χ1v) is 7.54. The van der Waals surface area contributed by atoms with Crippen LogP contribution in [0.3, 0.4) is 0 Å². The summed E-state index contributed by atoms with van der Waals surface area (Å²) in [6, 6.07) is 6.98. The monoisotopic (exact) mass is 389 g/mol. The van der Waals surface area contributed by atoms with Gasteiger partial charge in [-0.25, -0.2) is 4.79 Å². The molecule has 1 amide bonds. The average Bonchev–Trinajstić information content (AvgIpc) is 2.96. The van der Waals surface area contributed by atoms with Crippen molar-refractivity contribution in [2.24, 2.45) is 0 Å². The van der Waals surface area contributed by atoms with Gasteiger partial charge >= 0.3 is 5.97 Å². The minimum atomic E-state index is -0.492. The Hall–Kier alpha value is -1.15. The van der Waals surface area contributed by atoms with E-state index in [0.29, 0.717) is 12.1 Å². The molecule has 0 radical (unpaired) electrons. The molecule has 1 aromatic rings. The number of carbonyl (C=O) groups is 2. The van der Waals surface area contributed by atoms with Crippen molar-refractivity contribution in [2.45, 2.75) is 18.9 Å². The highest BCUT2D eigenvalue weighted by Gasteiger charge is 2.16. The van der Waals surface area contributed by atoms with E-state index in [2.05, 4.69) is 27.9 Å². The molecule has 1 atom stereocenters. The molecule has 1 aromatic carbocycles. The zero-order chi connectivity index (χ0) is 14.4.